The smallest absolute Gasteiger partial charge is 0.215 e. The molecule has 4 nitrogen and oxygen atoms in total. The lowest BCUT2D eigenvalue weighted by atomic mass is 10.1. The summed E-state index contributed by atoms with van der Waals surface area (Å²) in [6.45, 7) is 1.64. The topological polar surface area (TPSA) is 49.4 Å². The molecule has 7 heteroatoms. The number of hydrogen-bond acceptors (Lipinski definition) is 3. The largest absolute Gasteiger partial charge is 0.371 e. The van der Waals surface area contributed by atoms with Gasteiger partial charge in [0.25, 0.3) is 0 Å². The fourth-order valence-corrected chi connectivity index (χ4v) is 4.23. The average Bonchev–Trinajstić information content (AvgIpc) is 3.05. The highest BCUT2D eigenvalue weighted by atomic mass is 32.2. The molecule has 0 saturated carbocycles. The number of nitrogens with zero attached hydrogens (tertiary/aromatic N) is 1. The third-order valence-electron chi connectivity index (χ3n) is 4.35. The van der Waals surface area contributed by atoms with Crippen LogP contribution in [0.1, 0.15) is 12.0 Å². The molecule has 25 heavy (non-hydrogen) atoms. The van der Waals surface area contributed by atoms with Crippen LogP contribution in [0.3, 0.4) is 0 Å². The van der Waals surface area contributed by atoms with Crippen molar-refractivity contribution < 1.29 is 17.2 Å². The van der Waals surface area contributed by atoms with E-state index in [-0.39, 0.29) is 11.7 Å². The third kappa shape index (κ3) is 4.76. The van der Waals surface area contributed by atoms with E-state index >= 15 is 0 Å². The van der Waals surface area contributed by atoms with E-state index in [1.807, 2.05) is 23.1 Å². The zero-order valence-electron chi connectivity index (χ0n) is 13.7. The second-order valence-electron chi connectivity index (χ2n) is 6.29. The standard InChI is InChI=1S/C18H20F2N2O2S/c19-17-7-6-16(10-18(17)20)22-9-8-15(12-22)11-21-25(23,24)13-14-4-2-1-3-5-14/h1-7,10,15,21H,8-9,11-13H2/t15-/m0/s1. The molecule has 0 spiro atoms. The van der Waals surface area contributed by atoms with Gasteiger partial charge in [-0.1, -0.05) is 30.3 Å². The van der Waals surface area contributed by atoms with Gasteiger partial charge in [-0.3, -0.25) is 0 Å². The summed E-state index contributed by atoms with van der Waals surface area (Å²) in [6.07, 6.45) is 0.798. The second kappa shape index (κ2) is 7.49. The van der Waals surface area contributed by atoms with Crippen LogP contribution >= 0.6 is 0 Å². The molecule has 1 fully saturated rings. The van der Waals surface area contributed by atoms with Crippen molar-refractivity contribution in [1.29, 1.82) is 0 Å². The number of sulfonamides is 1. The molecule has 1 N–H and O–H groups in total. The van der Waals surface area contributed by atoms with Crippen molar-refractivity contribution in [3.63, 3.8) is 0 Å². The summed E-state index contributed by atoms with van der Waals surface area (Å²) in [5.41, 5.74) is 1.36. The normalized spacial score (nSPS) is 17.8. The van der Waals surface area contributed by atoms with Crippen LogP contribution in [0.4, 0.5) is 14.5 Å². The Balaban J connectivity index is 1.53. The predicted octanol–water partition coefficient (Wildman–Crippen LogP) is 2.91. The molecule has 3 rings (SSSR count). The van der Waals surface area contributed by atoms with Crippen LogP contribution in [-0.4, -0.2) is 28.1 Å². The van der Waals surface area contributed by atoms with Gasteiger partial charge in [-0.15, -0.1) is 0 Å². The monoisotopic (exact) mass is 366 g/mol. The first-order valence-corrected chi connectivity index (χ1v) is 9.79. The number of rotatable bonds is 6. The lowest BCUT2D eigenvalue weighted by Crippen LogP contribution is -2.32. The molecule has 0 unspecified atom stereocenters. The van der Waals surface area contributed by atoms with Gasteiger partial charge in [-0.25, -0.2) is 21.9 Å². The van der Waals surface area contributed by atoms with E-state index in [0.29, 0.717) is 25.3 Å². The van der Waals surface area contributed by atoms with Gasteiger partial charge in [0.05, 0.1) is 5.75 Å². The molecule has 134 valence electrons. The highest BCUT2D eigenvalue weighted by Gasteiger charge is 2.25. The van der Waals surface area contributed by atoms with E-state index in [4.69, 9.17) is 0 Å². The Morgan fingerprint density at radius 3 is 2.56 bits per heavy atom. The fourth-order valence-electron chi connectivity index (χ4n) is 3.01. The van der Waals surface area contributed by atoms with Gasteiger partial charge in [-0.05, 0) is 30.0 Å². The summed E-state index contributed by atoms with van der Waals surface area (Å²) >= 11 is 0. The zero-order chi connectivity index (χ0) is 17.9. The van der Waals surface area contributed by atoms with Crippen LogP contribution in [0.25, 0.3) is 0 Å². The van der Waals surface area contributed by atoms with Crippen molar-refractivity contribution in [2.75, 3.05) is 24.5 Å². The number of benzene rings is 2. The molecule has 2 aromatic rings. The van der Waals surface area contributed by atoms with Gasteiger partial charge in [0.15, 0.2) is 11.6 Å². The number of hydrogen-bond donors (Lipinski definition) is 1. The van der Waals surface area contributed by atoms with E-state index in [2.05, 4.69) is 4.72 Å². The SMILES string of the molecule is O=S(=O)(Cc1ccccc1)NC[C@@H]1CCN(c2ccc(F)c(F)c2)C1. The molecule has 0 amide bonds. The lowest BCUT2D eigenvalue weighted by molar-refractivity contribution is 0.508. The molecule has 0 radical (unpaired) electrons. The fraction of sp³-hybridized carbons (Fsp3) is 0.333. The average molecular weight is 366 g/mol. The van der Waals surface area contributed by atoms with Crippen molar-refractivity contribution in [3.8, 4) is 0 Å². The van der Waals surface area contributed by atoms with Crippen molar-refractivity contribution >= 4 is 15.7 Å². The van der Waals surface area contributed by atoms with Crippen LogP contribution in [0.15, 0.2) is 48.5 Å². The molecule has 1 aliphatic rings. The van der Waals surface area contributed by atoms with E-state index in [1.165, 1.54) is 6.07 Å². The van der Waals surface area contributed by atoms with Gasteiger partial charge in [0.2, 0.25) is 10.0 Å². The van der Waals surface area contributed by atoms with Gasteiger partial charge < -0.3 is 4.90 Å². The molecule has 2 aromatic carbocycles. The Kier molecular flexibility index (Phi) is 5.34. The van der Waals surface area contributed by atoms with Crippen LogP contribution in [-0.2, 0) is 15.8 Å². The molecule has 1 aliphatic heterocycles. The second-order valence-corrected chi connectivity index (χ2v) is 8.10. The Morgan fingerprint density at radius 2 is 1.84 bits per heavy atom. The van der Waals surface area contributed by atoms with E-state index < -0.39 is 21.7 Å². The predicted molar refractivity (Wildman–Crippen MR) is 93.7 cm³/mol. The Hall–Kier alpha value is -1.99. The summed E-state index contributed by atoms with van der Waals surface area (Å²) in [6, 6.07) is 12.8. The highest BCUT2D eigenvalue weighted by Crippen LogP contribution is 2.25. The summed E-state index contributed by atoms with van der Waals surface area (Å²) < 4.78 is 53.4. The molecule has 1 atom stereocenters. The summed E-state index contributed by atoms with van der Waals surface area (Å²) in [5.74, 6) is -1.65. The van der Waals surface area contributed by atoms with Crippen molar-refractivity contribution in [1.82, 2.24) is 4.72 Å². The molecule has 1 saturated heterocycles. The summed E-state index contributed by atoms with van der Waals surface area (Å²) in [4.78, 5) is 1.94. The lowest BCUT2D eigenvalue weighted by Gasteiger charge is -2.19. The maximum Gasteiger partial charge on any atom is 0.215 e. The van der Waals surface area contributed by atoms with Gasteiger partial charge in [-0.2, -0.15) is 0 Å². The minimum absolute atomic E-state index is 0.0482. The van der Waals surface area contributed by atoms with E-state index in [0.717, 1.165) is 18.1 Å². The van der Waals surface area contributed by atoms with Crippen molar-refractivity contribution in [2.24, 2.45) is 5.92 Å². The first-order chi connectivity index (χ1) is 11.9. The van der Waals surface area contributed by atoms with Crippen LogP contribution < -0.4 is 9.62 Å². The molecule has 0 bridgehead atoms. The Labute approximate surface area is 146 Å². The molecular formula is C18H20F2N2O2S. The first-order valence-electron chi connectivity index (χ1n) is 8.14. The van der Waals surface area contributed by atoms with E-state index in [1.54, 1.807) is 18.2 Å². The number of nitrogens with one attached hydrogen (secondary N) is 1. The maximum absolute atomic E-state index is 13.3. The molecule has 0 aromatic heterocycles. The van der Waals surface area contributed by atoms with Crippen LogP contribution in [0, 0.1) is 17.6 Å². The summed E-state index contributed by atoms with van der Waals surface area (Å²) in [5, 5.41) is 0. The van der Waals surface area contributed by atoms with E-state index in [9.17, 15) is 17.2 Å². The van der Waals surface area contributed by atoms with Crippen molar-refractivity contribution in [3.05, 3.63) is 65.7 Å². The maximum atomic E-state index is 13.3. The minimum Gasteiger partial charge on any atom is -0.371 e. The van der Waals surface area contributed by atoms with Gasteiger partial charge in [0.1, 0.15) is 0 Å². The quantitative estimate of drug-likeness (QED) is 0.855. The highest BCUT2D eigenvalue weighted by molar-refractivity contribution is 7.88. The number of halogens is 2. The first kappa shape index (κ1) is 17.8. The summed E-state index contributed by atoms with van der Waals surface area (Å²) in [7, 11) is -3.39. The van der Waals surface area contributed by atoms with Gasteiger partial charge >= 0.3 is 0 Å². The zero-order valence-corrected chi connectivity index (χ0v) is 14.5. The number of anilines is 1. The van der Waals surface area contributed by atoms with Crippen LogP contribution in [0.5, 0.6) is 0 Å². The minimum atomic E-state index is -3.39. The molecular weight excluding hydrogens is 346 g/mol. The molecule has 0 aliphatic carbocycles. The molecule has 1 heterocycles. The Morgan fingerprint density at radius 1 is 1.08 bits per heavy atom. The third-order valence-corrected chi connectivity index (χ3v) is 5.67. The van der Waals surface area contributed by atoms with Crippen molar-refractivity contribution in [2.45, 2.75) is 12.2 Å². The van der Waals surface area contributed by atoms with Gasteiger partial charge in [0, 0.05) is 31.4 Å². The Bertz CT molecular complexity index is 828. The van der Waals surface area contributed by atoms with Crippen LogP contribution in [0.2, 0.25) is 0 Å².